The average Bonchev–Trinajstić information content (AvgIpc) is 3.59. The van der Waals surface area contributed by atoms with Gasteiger partial charge in [-0.1, -0.05) is 18.2 Å². The predicted octanol–water partition coefficient (Wildman–Crippen LogP) is -2.32. The highest BCUT2D eigenvalue weighted by atomic mass is 16.4. The van der Waals surface area contributed by atoms with Gasteiger partial charge in [0.25, 0.3) is 0 Å². The molecule has 4 unspecified atom stereocenters. The zero-order valence-electron chi connectivity index (χ0n) is 22.5. The van der Waals surface area contributed by atoms with E-state index in [4.69, 9.17) is 17.2 Å². The number of fused-ring (bicyclic) bond motifs is 1. The molecule has 3 aromatic rings. The number of nitrogens with one attached hydrogen (secondary N) is 5. The summed E-state index contributed by atoms with van der Waals surface area (Å²) in [5, 5.41) is 17.5. The molecular weight excluding hydrogens is 550 g/mol. The van der Waals surface area contributed by atoms with Crippen molar-refractivity contribution in [3.8, 4) is 0 Å². The van der Waals surface area contributed by atoms with E-state index in [2.05, 4.69) is 30.9 Å². The van der Waals surface area contributed by atoms with Crippen molar-refractivity contribution >= 4 is 46.4 Å². The molecule has 2 heterocycles. The molecule has 0 saturated heterocycles. The van der Waals surface area contributed by atoms with Gasteiger partial charge in [-0.2, -0.15) is 0 Å². The van der Waals surface area contributed by atoms with Gasteiger partial charge in [-0.25, -0.2) is 9.78 Å². The number of carbonyl (C=O) groups excluding carboxylic acids is 5. The van der Waals surface area contributed by atoms with Gasteiger partial charge in [0.2, 0.25) is 29.5 Å². The van der Waals surface area contributed by atoms with E-state index in [-0.39, 0.29) is 25.7 Å². The molecule has 0 bridgehead atoms. The third-order valence-corrected chi connectivity index (χ3v) is 6.40. The smallest absolute Gasteiger partial charge is 0.326 e. The Bertz CT molecular complexity index is 1440. The maximum absolute atomic E-state index is 13.3. The number of benzene rings is 1. The number of nitrogens with two attached hydrogens (primary N) is 3. The molecular formula is C26H33N9O7. The molecule has 0 aliphatic carbocycles. The van der Waals surface area contributed by atoms with Crippen molar-refractivity contribution in [2.24, 2.45) is 17.2 Å². The number of primary amides is 2. The molecule has 12 N–H and O–H groups in total. The summed E-state index contributed by atoms with van der Waals surface area (Å²) in [7, 11) is 0. The molecule has 0 radical (unpaired) electrons. The lowest BCUT2D eigenvalue weighted by Gasteiger charge is -2.25. The summed E-state index contributed by atoms with van der Waals surface area (Å²) in [6.07, 6.45) is 3.29. The van der Waals surface area contributed by atoms with Crippen molar-refractivity contribution in [3.05, 3.63) is 54.2 Å². The van der Waals surface area contributed by atoms with Gasteiger partial charge in [-0.3, -0.25) is 24.0 Å². The van der Waals surface area contributed by atoms with Crippen LogP contribution < -0.4 is 33.2 Å². The van der Waals surface area contributed by atoms with Gasteiger partial charge in [0.15, 0.2) is 0 Å². The number of H-pyrrole nitrogens is 2. The number of amides is 5. The van der Waals surface area contributed by atoms with Crippen molar-refractivity contribution in [1.82, 2.24) is 30.9 Å². The fourth-order valence-corrected chi connectivity index (χ4v) is 4.23. The SMILES string of the molecule is NC(=O)CCC(NC(=O)C(Cc1c[nH]c2ccccc12)NC(=O)C(CC(N)=O)NC(=O)C(N)Cc1cnc[nH]1)C(=O)O. The number of aromatic amines is 2. The lowest BCUT2D eigenvalue weighted by atomic mass is 10.0. The van der Waals surface area contributed by atoms with E-state index < -0.39 is 66.1 Å². The normalized spacial score (nSPS) is 13.8. The molecule has 0 fully saturated rings. The Labute approximate surface area is 239 Å². The molecule has 5 amide bonds. The van der Waals surface area contributed by atoms with E-state index in [9.17, 15) is 33.9 Å². The second-order valence-electron chi connectivity index (χ2n) is 9.65. The third kappa shape index (κ3) is 8.88. The number of aliphatic carboxylic acids is 1. The van der Waals surface area contributed by atoms with Crippen molar-refractivity contribution in [3.63, 3.8) is 0 Å². The van der Waals surface area contributed by atoms with Crippen LogP contribution in [0.15, 0.2) is 43.0 Å². The maximum atomic E-state index is 13.3. The fraction of sp³-hybridized carbons (Fsp3) is 0.346. The first-order valence-electron chi connectivity index (χ1n) is 12.9. The molecule has 0 saturated carbocycles. The highest BCUT2D eigenvalue weighted by Gasteiger charge is 2.32. The Morgan fingerprint density at radius 1 is 0.857 bits per heavy atom. The van der Waals surface area contributed by atoms with Crippen LogP contribution in [0.4, 0.5) is 0 Å². The van der Waals surface area contributed by atoms with Crippen LogP contribution >= 0.6 is 0 Å². The molecule has 2 aromatic heterocycles. The Hall–Kier alpha value is -5.25. The summed E-state index contributed by atoms with van der Waals surface area (Å²) in [6, 6.07) is 1.74. The fourth-order valence-electron chi connectivity index (χ4n) is 4.23. The third-order valence-electron chi connectivity index (χ3n) is 6.40. The summed E-state index contributed by atoms with van der Waals surface area (Å²) in [5.41, 5.74) is 18.3. The minimum atomic E-state index is -1.49. The zero-order valence-corrected chi connectivity index (χ0v) is 22.5. The van der Waals surface area contributed by atoms with Crippen LogP contribution in [-0.4, -0.2) is 79.7 Å². The highest BCUT2D eigenvalue weighted by molar-refractivity contribution is 5.96. The Morgan fingerprint density at radius 3 is 2.17 bits per heavy atom. The minimum Gasteiger partial charge on any atom is -0.480 e. The van der Waals surface area contributed by atoms with E-state index in [0.29, 0.717) is 11.3 Å². The van der Waals surface area contributed by atoms with Crippen LogP contribution in [0.5, 0.6) is 0 Å². The summed E-state index contributed by atoms with van der Waals surface area (Å²) in [5.74, 6) is -5.65. The van der Waals surface area contributed by atoms with Crippen molar-refractivity contribution < 1.29 is 33.9 Å². The zero-order chi connectivity index (χ0) is 30.8. The van der Waals surface area contributed by atoms with Gasteiger partial charge >= 0.3 is 5.97 Å². The molecule has 4 atom stereocenters. The van der Waals surface area contributed by atoms with Crippen LogP contribution in [-0.2, 0) is 41.6 Å². The molecule has 3 rings (SSSR count). The second kappa shape index (κ2) is 14.4. The molecule has 224 valence electrons. The van der Waals surface area contributed by atoms with Gasteiger partial charge < -0.3 is 48.2 Å². The molecule has 0 aliphatic rings. The Kier molecular flexibility index (Phi) is 10.7. The first-order chi connectivity index (χ1) is 19.9. The maximum Gasteiger partial charge on any atom is 0.326 e. The van der Waals surface area contributed by atoms with E-state index in [0.717, 1.165) is 10.9 Å². The van der Waals surface area contributed by atoms with Gasteiger partial charge in [0.05, 0.1) is 18.8 Å². The van der Waals surface area contributed by atoms with Crippen LogP contribution in [0.3, 0.4) is 0 Å². The first-order valence-corrected chi connectivity index (χ1v) is 12.9. The van der Waals surface area contributed by atoms with Crippen LogP contribution in [0.2, 0.25) is 0 Å². The first kappa shape index (κ1) is 31.3. The number of imidazole rings is 1. The van der Waals surface area contributed by atoms with Gasteiger partial charge in [-0.15, -0.1) is 0 Å². The number of hydrogen-bond acceptors (Lipinski definition) is 8. The number of hydrogen-bond donors (Lipinski definition) is 9. The number of carboxylic acid groups (broad SMARTS) is 1. The van der Waals surface area contributed by atoms with Crippen molar-refractivity contribution in [1.29, 1.82) is 0 Å². The number of para-hydroxylation sites is 1. The lowest BCUT2D eigenvalue weighted by molar-refractivity contribution is -0.142. The van der Waals surface area contributed by atoms with E-state index >= 15 is 0 Å². The summed E-state index contributed by atoms with van der Waals surface area (Å²) < 4.78 is 0. The summed E-state index contributed by atoms with van der Waals surface area (Å²) >= 11 is 0. The van der Waals surface area contributed by atoms with E-state index in [1.54, 1.807) is 24.4 Å². The average molecular weight is 584 g/mol. The van der Waals surface area contributed by atoms with Gasteiger partial charge in [0.1, 0.15) is 18.1 Å². The Balaban J connectivity index is 1.82. The predicted molar refractivity (Wildman–Crippen MR) is 148 cm³/mol. The largest absolute Gasteiger partial charge is 0.480 e. The number of carboxylic acids is 1. The summed E-state index contributed by atoms with van der Waals surface area (Å²) in [4.78, 5) is 83.8. The molecule has 0 spiro atoms. The number of nitrogens with zero attached hydrogens (tertiary/aromatic N) is 1. The van der Waals surface area contributed by atoms with E-state index in [1.165, 1.54) is 12.5 Å². The standard InChI is InChI=1S/C26H33N9O7/c27-16(8-14-11-30-12-32-14)23(38)34-20(9-22(29)37)25(40)35-19(7-13-10-31-17-4-2-1-3-15(13)17)24(39)33-18(26(41)42)5-6-21(28)36/h1-4,10-12,16,18-20,31H,5-9,27H2,(H2,28,36)(H2,29,37)(H,30,32)(H,33,39)(H,34,38)(H,35,40)(H,41,42). The molecule has 16 heteroatoms. The van der Waals surface area contributed by atoms with Gasteiger partial charge in [0, 0.05) is 48.3 Å². The number of aromatic nitrogens is 3. The number of rotatable bonds is 16. The number of carbonyl (C=O) groups is 6. The summed E-state index contributed by atoms with van der Waals surface area (Å²) in [6.45, 7) is 0. The Morgan fingerprint density at radius 2 is 1.52 bits per heavy atom. The topological polar surface area (TPSA) is 281 Å². The molecule has 0 aliphatic heterocycles. The van der Waals surface area contributed by atoms with Crippen LogP contribution in [0.25, 0.3) is 10.9 Å². The van der Waals surface area contributed by atoms with Crippen LogP contribution in [0, 0.1) is 0 Å². The molecule has 1 aromatic carbocycles. The van der Waals surface area contributed by atoms with Crippen molar-refractivity contribution in [2.75, 3.05) is 0 Å². The molecule has 42 heavy (non-hydrogen) atoms. The van der Waals surface area contributed by atoms with Crippen LogP contribution in [0.1, 0.15) is 30.5 Å². The van der Waals surface area contributed by atoms with E-state index in [1.807, 2.05) is 6.07 Å². The second-order valence-corrected chi connectivity index (χ2v) is 9.65. The quantitative estimate of drug-likeness (QED) is 0.0874. The minimum absolute atomic E-state index is 0.0597. The monoisotopic (exact) mass is 583 g/mol. The lowest BCUT2D eigenvalue weighted by Crippen LogP contribution is -2.58. The highest BCUT2D eigenvalue weighted by Crippen LogP contribution is 2.19. The van der Waals surface area contributed by atoms with Crippen molar-refractivity contribution in [2.45, 2.75) is 56.3 Å². The van der Waals surface area contributed by atoms with Gasteiger partial charge in [-0.05, 0) is 18.1 Å². The molecule has 16 nitrogen and oxygen atoms in total.